The zero-order chi connectivity index (χ0) is 13.5. The third-order valence-corrected chi connectivity index (χ3v) is 3.98. The molecule has 0 amide bonds. The third kappa shape index (κ3) is 4.28. The molecule has 1 fully saturated rings. The van der Waals surface area contributed by atoms with E-state index in [0.29, 0.717) is 0 Å². The molecule has 2 rings (SSSR count). The van der Waals surface area contributed by atoms with Crippen LogP contribution in [-0.2, 0) is 13.1 Å². The largest absolute Gasteiger partial charge is 0.311 e. The summed E-state index contributed by atoms with van der Waals surface area (Å²) in [5, 5.41) is 11.7. The van der Waals surface area contributed by atoms with Crippen molar-refractivity contribution < 1.29 is 0 Å². The maximum Gasteiger partial charge on any atom is 0.0964 e. The molecule has 5 nitrogen and oxygen atoms in total. The Morgan fingerprint density at radius 1 is 1.32 bits per heavy atom. The van der Waals surface area contributed by atoms with Gasteiger partial charge in [-0.05, 0) is 32.4 Å². The zero-order valence-electron chi connectivity index (χ0n) is 12.3. The van der Waals surface area contributed by atoms with Crippen LogP contribution in [0.15, 0.2) is 6.20 Å². The van der Waals surface area contributed by atoms with Gasteiger partial charge in [-0.1, -0.05) is 25.5 Å². The highest BCUT2D eigenvalue weighted by atomic mass is 15.4. The molecule has 1 N–H and O–H groups in total. The highest BCUT2D eigenvalue weighted by Gasteiger charge is 2.20. The van der Waals surface area contributed by atoms with Gasteiger partial charge in [0.2, 0.25) is 0 Å². The average molecular weight is 265 g/mol. The summed E-state index contributed by atoms with van der Waals surface area (Å²) >= 11 is 0. The molecule has 1 unspecified atom stereocenters. The first-order valence-corrected chi connectivity index (χ1v) is 7.67. The molecule has 1 aromatic heterocycles. The first-order valence-electron chi connectivity index (χ1n) is 7.67. The van der Waals surface area contributed by atoms with Crippen molar-refractivity contribution in [2.75, 3.05) is 19.6 Å². The van der Waals surface area contributed by atoms with Gasteiger partial charge in [-0.25, -0.2) is 0 Å². The van der Waals surface area contributed by atoms with Crippen LogP contribution >= 0.6 is 0 Å². The molecule has 5 heteroatoms. The Morgan fingerprint density at radius 3 is 3.00 bits per heavy atom. The molecule has 0 aromatic carbocycles. The highest BCUT2D eigenvalue weighted by Crippen LogP contribution is 2.18. The molecular formula is C14H27N5. The molecule has 1 saturated heterocycles. The topological polar surface area (TPSA) is 46.0 Å². The van der Waals surface area contributed by atoms with E-state index in [1.54, 1.807) is 0 Å². The van der Waals surface area contributed by atoms with Crippen molar-refractivity contribution in [2.45, 2.75) is 58.7 Å². The van der Waals surface area contributed by atoms with Crippen LogP contribution in [0, 0.1) is 0 Å². The SMILES string of the molecule is CCNCc1cn(CCN2CCCCC2CC)nn1. The molecule has 108 valence electrons. The second-order valence-electron chi connectivity index (χ2n) is 5.35. The third-order valence-electron chi connectivity index (χ3n) is 3.98. The first kappa shape index (κ1) is 14.5. The Kier molecular flexibility index (Phi) is 5.79. The van der Waals surface area contributed by atoms with Crippen molar-refractivity contribution in [3.8, 4) is 0 Å². The normalized spacial score (nSPS) is 20.8. The van der Waals surface area contributed by atoms with Crippen molar-refractivity contribution in [3.05, 3.63) is 11.9 Å². The second-order valence-corrected chi connectivity index (χ2v) is 5.35. The van der Waals surface area contributed by atoms with Gasteiger partial charge in [0.15, 0.2) is 0 Å². The van der Waals surface area contributed by atoms with Gasteiger partial charge >= 0.3 is 0 Å². The maximum atomic E-state index is 4.20. The summed E-state index contributed by atoms with van der Waals surface area (Å²) in [4.78, 5) is 2.62. The summed E-state index contributed by atoms with van der Waals surface area (Å²) in [5.41, 5.74) is 1.03. The lowest BCUT2D eigenvalue weighted by atomic mass is 10.0. The molecule has 0 radical (unpaired) electrons. The number of hydrogen-bond acceptors (Lipinski definition) is 4. The summed E-state index contributed by atoms with van der Waals surface area (Å²) in [6, 6.07) is 0.776. The molecule has 19 heavy (non-hydrogen) atoms. The van der Waals surface area contributed by atoms with Crippen LogP contribution in [0.3, 0.4) is 0 Å². The van der Waals surface area contributed by atoms with Gasteiger partial charge in [0, 0.05) is 25.3 Å². The predicted octanol–water partition coefficient (Wildman–Crippen LogP) is 1.65. The lowest BCUT2D eigenvalue weighted by molar-refractivity contribution is 0.137. The summed E-state index contributed by atoms with van der Waals surface area (Å²) in [6.07, 6.45) is 7.43. The molecule has 1 atom stereocenters. The van der Waals surface area contributed by atoms with E-state index in [1.807, 2.05) is 4.68 Å². The van der Waals surface area contributed by atoms with Crippen LogP contribution in [0.25, 0.3) is 0 Å². The molecular weight excluding hydrogens is 238 g/mol. The maximum absolute atomic E-state index is 4.20. The minimum atomic E-state index is 0.776. The molecule has 0 bridgehead atoms. The highest BCUT2D eigenvalue weighted by molar-refractivity contribution is 4.91. The lowest BCUT2D eigenvalue weighted by Crippen LogP contribution is -2.40. The van der Waals surface area contributed by atoms with Gasteiger partial charge in [0.1, 0.15) is 0 Å². The fourth-order valence-corrected chi connectivity index (χ4v) is 2.83. The van der Waals surface area contributed by atoms with E-state index in [9.17, 15) is 0 Å². The van der Waals surface area contributed by atoms with E-state index in [4.69, 9.17) is 0 Å². The standard InChI is InChI=1S/C14H27N5/c1-3-14-7-5-6-8-18(14)9-10-19-12-13(16-17-19)11-15-4-2/h12,14-15H,3-11H2,1-2H3. The van der Waals surface area contributed by atoms with E-state index in [-0.39, 0.29) is 0 Å². The van der Waals surface area contributed by atoms with Crippen LogP contribution in [-0.4, -0.2) is 45.6 Å². The van der Waals surface area contributed by atoms with Gasteiger partial charge in [0.05, 0.1) is 12.2 Å². The zero-order valence-corrected chi connectivity index (χ0v) is 12.3. The van der Waals surface area contributed by atoms with Crippen LogP contribution in [0.2, 0.25) is 0 Å². The fraction of sp³-hybridized carbons (Fsp3) is 0.857. The van der Waals surface area contributed by atoms with Crippen LogP contribution in [0.5, 0.6) is 0 Å². The summed E-state index contributed by atoms with van der Waals surface area (Å²) < 4.78 is 1.98. The van der Waals surface area contributed by atoms with E-state index in [1.165, 1.54) is 32.2 Å². The minimum absolute atomic E-state index is 0.776. The molecule has 0 saturated carbocycles. The first-order chi connectivity index (χ1) is 9.33. The average Bonchev–Trinajstić information content (AvgIpc) is 2.91. The van der Waals surface area contributed by atoms with Crippen LogP contribution in [0.4, 0.5) is 0 Å². The molecule has 0 spiro atoms. The van der Waals surface area contributed by atoms with Crippen LogP contribution < -0.4 is 5.32 Å². The summed E-state index contributed by atoms with van der Waals surface area (Å²) in [5.74, 6) is 0. The lowest BCUT2D eigenvalue weighted by Gasteiger charge is -2.35. The molecule has 1 aromatic rings. The number of nitrogens with one attached hydrogen (secondary N) is 1. The van der Waals surface area contributed by atoms with Crippen molar-refractivity contribution in [3.63, 3.8) is 0 Å². The monoisotopic (exact) mass is 265 g/mol. The Labute approximate surface area is 116 Å². The molecule has 0 aliphatic carbocycles. The van der Waals surface area contributed by atoms with Crippen molar-refractivity contribution >= 4 is 0 Å². The van der Waals surface area contributed by atoms with Gasteiger partial charge in [0.25, 0.3) is 0 Å². The smallest absolute Gasteiger partial charge is 0.0964 e. The van der Waals surface area contributed by atoms with Crippen molar-refractivity contribution in [2.24, 2.45) is 0 Å². The Balaban J connectivity index is 1.79. The van der Waals surface area contributed by atoms with Gasteiger partial charge in [-0.2, -0.15) is 0 Å². The number of aromatic nitrogens is 3. The second kappa shape index (κ2) is 7.60. The Bertz CT molecular complexity index is 362. The van der Waals surface area contributed by atoms with E-state index >= 15 is 0 Å². The minimum Gasteiger partial charge on any atom is -0.311 e. The Morgan fingerprint density at radius 2 is 2.21 bits per heavy atom. The predicted molar refractivity (Wildman–Crippen MR) is 76.9 cm³/mol. The quantitative estimate of drug-likeness (QED) is 0.814. The van der Waals surface area contributed by atoms with Gasteiger partial charge in [-0.3, -0.25) is 9.58 Å². The fourth-order valence-electron chi connectivity index (χ4n) is 2.83. The summed E-state index contributed by atoms with van der Waals surface area (Å²) in [6.45, 7) is 9.49. The number of rotatable bonds is 7. The van der Waals surface area contributed by atoms with Gasteiger partial charge < -0.3 is 5.32 Å². The molecule has 2 heterocycles. The number of nitrogens with zero attached hydrogens (tertiary/aromatic N) is 4. The van der Waals surface area contributed by atoms with E-state index in [2.05, 4.69) is 40.6 Å². The number of hydrogen-bond donors (Lipinski definition) is 1. The van der Waals surface area contributed by atoms with E-state index < -0.39 is 0 Å². The number of likely N-dealkylation sites (tertiary alicyclic amines) is 1. The molecule has 1 aliphatic heterocycles. The van der Waals surface area contributed by atoms with Crippen molar-refractivity contribution in [1.82, 2.24) is 25.2 Å². The van der Waals surface area contributed by atoms with E-state index in [0.717, 1.165) is 37.9 Å². The number of piperidine rings is 1. The van der Waals surface area contributed by atoms with Gasteiger partial charge in [-0.15, -0.1) is 5.10 Å². The molecule has 1 aliphatic rings. The van der Waals surface area contributed by atoms with Crippen LogP contribution in [0.1, 0.15) is 45.2 Å². The van der Waals surface area contributed by atoms with Crippen molar-refractivity contribution in [1.29, 1.82) is 0 Å². The Hall–Kier alpha value is -0.940. The summed E-state index contributed by atoms with van der Waals surface area (Å²) in [7, 11) is 0.